The van der Waals surface area contributed by atoms with E-state index in [2.05, 4.69) is 0 Å². The van der Waals surface area contributed by atoms with Crippen molar-refractivity contribution in [2.75, 3.05) is 20.3 Å². The molecule has 0 amide bonds. The largest absolute Gasteiger partial charge is 0.497 e. The summed E-state index contributed by atoms with van der Waals surface area (Å²) < 4.78 is 17.2. The van der Waals surface area contributed by atoms with Crippen LogP contribution in [-0.4, -0.2) is 42.7 Å². The standard InChI is InChI=1S/C30H26ClNO6/c1-20-25(18-28(33)38-19-29(34)37-16-6-9-21-7-4-3-5-8-21)26-17-24(36-2)14-15-27(26)32(20)30(35)22-10-12-23(31)13-11-22/h3-15,17H,16,18-19H2,1-2H3/b9-6+. The highest BCUT2D eigenvalue weighted by Gasteiger charge is 2.23. The Bertz CT molecular complexity index is 1490. The number of ether oxygens (including phenoxy) is 3. The minimum Gasteiger partial charge on any atom is -0.497 e. The van der Waals surface area contributed by atoms with E-state index in [1.54, 1.807) is 67.1 Å². The van der Waals surface area contributed by atoms with E-state index in [1.807, 2.05) is 36.4 Å². The third kappa shape index (κ3) is 6.30. The first-order valence-electron chi connectivity index (χ1n) is 11.9. The van der Waals surface area contributed by atoms with E-state index >= 15 is 0 Å². The molecule has 0 N–H and O–H groups in total. The molecule has 1 heterocycles. The van der Waals surface area contributed by atoms with Gasteiger partial charge in [-0.2, -0.15) is 0 Å². The normalized spacial score (nSPS) is 11.0. The molecule has 0 aliphatic rings. The van der Waals surface area contributed by atoms with E-state index in [4.69, 9.17) is 25.8 Å². The van der Waals surface area contributed by atoms with E-state index in [9.17, 15) is 14.4 Å². The molecule has 8 heteroatoms. The smallest absolute Gasteiger partial charge is 0.344 e. The van der Waals surface area contributed by atoms with Gasteiger partial charge in [-0.15, -0.1) is 0 Å². The third-order valence-electron chi connectivity index (χ3n) is 5.96. The quantitative estimate of drug-likeness (QED) is 0.260. The van der Waals surface area contributed by atoms with Gasteiger partial charge >= 0.3 is 11.9 Å². The molecule has 4 rings (SSSR count). The Balaban J connectivity index is 1.46. The molecule has 0 unspecified atom stereocenters. The SMILES string of the molecule is COc1ccc2c(c1)c(CC(=O)OCC(=O)OC/C=C/c1ccccc1)c(C)n2C(=O)c1ccc(Cl)cc1. The van der Waals surface area contributed by atoms with Crippen LogP contribution in [0.25, 0.3) is 17.0 Å². The highest BCUT2D eigenvalue weighted by atomic mass is 35.5. The van der Waals surface area contributed by atoms with Gasteiger partial charge in [-0.05, 0) is 66.6 Å². The Morgan fingerprint density at radius 1 is 0.921 bits per heavy atom. The molecule has 194 valence electrons. The van der Waals surface area contributed by atoms with Gasteiger partial charge in [-0.25, -0.2) is 4.79 Å². The molecule has 0 saturated heterocycles. The number of rotatable bonds is 9. The number of aromatic nitrogens is 1. The van der Waals surface area contributed by atoms with Crippen molar-refractivity contribution in [1.82, 2.24) is 4.57 Å². The molecule has 0 aliphatic carbocycles. The van der Waals surface area contributed by atoms with Crippen molar-refractivity contribution in [3.05, 3.63) is 106 Å². The van der Waals surface area contributed by atoms with Crippen LogP contribution in [0, 0.1) is 6.92 Å². The van der Waals surface area contributed by atoms with E-state index in [0.717, 1.165) is 5.56 Å². The van der Waals surface area contributed by atoms with Crippen molar-refractivity contribution in [3.63, 3.8) is 0 Å². The fourth-order valence-corrected chi connectivity index (χ4v) is 4.19. The van der Waals surface area contributed by atoms with Gasteiger partial charge in [0.25, 0.3) is 5.91 Å². The lowest BCUT2D eigenvalue weighted by atomic mass is 10.1. The predicted octanol–water partition coefficient (Wildman–Crippen LogP) is 5.64. The van der Waals surface area contributed by atoms with Crippen molar-refractivity contribution in [2.24, 2.45) is 0 Å². The van der Waals surface area contributed by atoms with Crippen LogP contribution in [-0.2, 0) is 25.5 Å². The van der Waals surface area contributed by atoms with Crippen LogP contribution >= 0.6 is 11.6 Å². The maximum atomic E-state index is 13.4. The summed E-state index contributed by atoms with van der Waals surface area (Å²) in [5.41, 5.74) is 3.24. The van der Waals surface area contributed by atoms with E-state index in [-0.39, 0.29) is 18.9 Å². The molecule has 0 saturated carbocycles. The van der Waals surface area contributed by atoms with Crippen molar-refractivity contribution in [3.8, 4) is 5.75 Å². The summed E-state index contributed by atoms with van der Waals surface area (Å²) in [6, 6.07) is 21.5. The zero-order valence-electron chi connectivity index (χ0n) is 21.0. The lowest BCUT2D eigenvalue weighted by molar-refractivity contribution is -0.157. The fourth-order valence-electron chi connectivity index (χ4n) is 4.06. The second-order valence-electron chi connectivity index (χ2n) is 8.43. The van der Waals surface area contributed by atoms with Crippen LogP contribution in [0.15, 0.2) is 78.9 Å². The number of methoxy groups -OCH3 is 1. The molecule has 1 aromatic heterocycles. The zero-order valence-corrected chi connectivity index (χ0v) is 21.7. The predicted molar refractivity (Wildman–Crippen MR) is 146 cm³/mol. The van der Waals surface area contributed by atoms with Crippen LogP contribution in [0.3, 0.4) is 0 Å². The Kier molecular flexibility index (Phi) is 8.61. The van der Waals surface area contributed by atoms with Crippen LogP contribution in [0.1, 0.15) is 27.2 Å². The maximum absolute atomic E-state index is 13.4. The van der Waals surface area contributed by atoms with E-state index in [0.29, 0.717) is 38.5 Å². The number of nitrogens with zero attached hydrogens (tertiary/aromatic N) is 1. The van der Waals surface area contributed by atoms with Crippen molar-refractivity contribution in [1.29, 1.82) is 0 Å². The number of carbonyl (C=O) groups is 3. The molecule has 7 nitrogen and oxygen atoms in total. The maximum Gasteiger partial charge on any atom is 0.344 e. The van der Waals surface area contributed by atoms with Gasteiger partial charge in [0, 0.05) is 21.7 Å². The summed E-state index contributed by atoms with van der Waals surface area (Å²) in [7, 11) is 1.54. The van der Waals surface area contributed by atoms with Crippen LogP contribution in [0.5, 0.6) is 5.75 Å². The van der Waals surface area contributed by atoms with Gasteiger partial charge in [-0.1, -0.05) is 48.0 Å². The van der Waals surface area contributed by atoms with Gasteiger partial charge in [-0.3, -0.25) is 14.2 Å². The summed E-state index contributed by atoms with van der Waals surface area (Å²) in [6.07, 6.45) is 3.40. The minimum absolute atomic E-state index is 0.0600. The molecule has 0 bridgehead atoms. The summed E-state index contributed by atoms with van der Waals surface area (Å²) in [4.78, 5) is 38.1. The molecule has 0 spiro atoms. The van der Waals surface area contributed by atoms with Crippen LogP contribution < -0.4 is 4.74 Å². The first-order chi connectivity index (χ1) is 18.4. The number of benzene rings is 3. The second kappa shape index (κ2) is 12.3. The molecule has 38 heavy (non-hydrogen) atoms. The second-order valence-corrected chi connectivity index (χ2v) is 8.86. The number of hydrogen-bond donors (Lipinski definition) is 0. The number of hydrogen-bond acceptors (Lipinski definition) is 6. The van der Waals surface area contributed by atoms with E-state index in [1.165, 1.54) is 0 Å². The fraction of sp³-hybridized carbons (Fsp3) is 0.167. The molecule has 0 aliphatic heterocycles. The third-order valence-corrected chi connectivity index (χ3v) is 6.21. The average molecular weight is 532 g/mol. The Labute approximate surface area is 225 Å². The Morgan fingerprint density at radius 3 is 2.37 bits per heavy atom. The highest BCUT2D eigenvalue weighted by Crippen LogP contribution is 2.31. The summed E-state index contributed by atoms with van der Waals surface area (Å²) >= 11 is 5.98. The Morgan fingerprint density at radius 2 is 1.66 bits per heavy atom. The topological polar surface area (TPSA) is 83.8 Å². The Hall–Kier alpha value is -4.36. The monoisotopic (exact) mass is 531 g/mol. The summed E-state index contributed by atoms with van der Waals surface area (Å²) in [5, 5.41) is 1.20. The lowest BCUT2D eigenvalue weighted by Gasteiger charge is -2.08. The molecule has 4 aromatic rings. The van der Waals surface area contributed by atoms with Gasteiger partial charge in [0.1, 0.15) is 12.4 Å². The van der Waals surface area contributed by atoms with Crippen molar-refractivity contribution < 1.29 is 28.6 Å². The first-order valence-corrected chi connectivity index (χ1v) is 12.3. The minimum atomic E-state index is -0.658. The van der Waals surface area contributed by atoms with Crippen molar-refractivity contribution in [2.45, 2.75) is 13.3 Å². The summed E-state index contributed by atoms with van der Waals surface area (Å²) in [6.45, 7) is 1.31. The number of halogens is 1. The van der Waals surface area contributed by atoms with E-state index < -0.39 is 18.5 Å². The number of fused-ring (bicyclic) bond motifs is 1. The number of carbonyl (C=O) groups excluding carboxylic acids is 3. The first kappa shape index (κ1) is 26.7. The van der Waals surface area contributed by atoms with Gasteiger partial charge in [0.05, 0.1) is 19.0 Å². The van der Waals surface area contributed by atoms with Crippen LogP contribution in [0.2, 0.25) is 5.02 Å². The van der Waals surface area contributed by atoms with Crippen LogP contribution in [0.4, 0.5) is 0 Å². The van der Waals surface area contributed by atoms with Crippen molar-refractivity contribution >= 4 is 46.4 Å². The highest BCUT2D eigenvalue weighted by molar-refractivity contribution is 6.30. The zero-order chi connectivity index (χ0) is 27.1. The molecular formula is C30H26ClNO6. The lowest BCUT2D eigenvalue weighted by Crippen LogP contribution is -2.18. The van der Waals surface area contributed by atoms with Gasteiger partial charge in [0.15, 0.2) is 6.61 Å². The molecular weight excluding hydrogens is 506 g/mol. The average Bonchev–Trinajstić information content (AvgIpc) is 3.20. The number of esters is 2. The van der Waals surface area contributed by atoms with Gasteiger partial charge in [0.2, 0.25) is 0 Å². The molecule has 0 fully saturated rings. The molecule has 0 radical (unpaired) electrons. The molecule has 0 atom stereocenters. The van der Waals surface area contributed by atoms with Gasteiger partial charge < -0.3 is 14.2 Å². The molecule has 3 aromatic carbocycles. The summed E-state index contributed by atoms with van der Waals surface area (Å²) in [5.74, 6) is -0.961.